The average molecular weight is 301 g/mol. The number of hydrogen-bond acceptors (Lipinski definition) is 2. The Hall–Kier alpha value is -1.79. The minimum atomic E-state index is -0.734. The quantitative estimate of drug-likeness (QED) is 0.917. The fourth-order valence-corrected chi connectivity index (χ4v) is 2.02. The van der Waals surface area contributed by atoms with E-state index in [0.29, 0.717) is 0 Å². The number of nitriles is 1. The van der Waals surface area contributed by atoms with Gasteiger partial charge in [0.05, 0.1) is 6.07 Å². The van der Waals surface area contributed by atoms with E-state index in [9.17, 15) is 5.26 Å². The third-order valence-electron chi connectivity index (χ3n) is 2.81. The molecular formula is C15H13BrN2. The van der Waals surface area contributed by atoms with Gasteiger partial charge in [0.25, 0.3) is 0 Å². The minimum absolute atomic E-state index is 0.734. The summed E-state index contributed by atoms with van der Waals surface area (Å²) in [6.07, 6.45) is 0. The Morgan fingerprint density at radius 2 is 1.67 bits per heavy atom. The Labute approximate surface area is 115 Å². The lowest BCUT2D eigenvalue weighted by molar-refractivity contribution is 0.706. The van der Waals surface area contributed by atoms with Crippen molar-refractivity contribution in [3.8, 4) is 6.07 Å². The molecular weight excluding hydrogens is 288 g/mol. The number of benzene rings is 2. The minimum Gasteiger partial charge on any atom is -0.364 e. The monoisotopic (exact) mass is 300 g/mol. The van der Waals surface area contributed by atoms with Crippen LogP contribution in [0.15, 0.2) is 59.1 Å². The van der Waals surface area contributed by atoms with Crippen LogP contribution < -0.4 is 5.32 Å². The second kappa shape index (κ2) is 5.24. The molecule has 2 rings (SSSR count). The van der Waals surface area contributed by atoms with Crippen LogP contribution in [0.3, 0.4) is 0 Å². The van der Waals surface area contributed by atoms with Crippen LogP contribution in [0.5, 0.6) is 0 Å². The molecule has 0 heterocycles. The van der Waals surface area contributed by atoms with Crippen LogP contribution in [-0.2, 0) is 5.54 Å². The summed E-state index contributed by atoms with van der Waals surface area (Å²) in [4.78, 5) is 0. The highest BCUT2D eigenvalue weighted by atomic mass is 79.9. The van der Waals surface area contributed by atoms with Crippen LogP contribution in [0.2, 0.25) is 0 Å². The summed E-state index contributed by atoms with van der Waals surface area (Å²) in [5.74, 6) is 0. The summed E-state index contributed by atoms with van der Waals surface area (Å²) < 4.78 is 1.01. The Balaban J connectivity index is 2.32. The molecule has 0 saturated heterocycles. The van der Waals surface area contributed by atoms with Gasteiger partial charge in [0.2, 0.25) is 0 Å². The molecule has 0 amide bonds. The number of anilines is 1. The first-order chi connectivity index (χ1) is 8.64. The summed E-state index contributed by atoms with van der Waals surface area (Å²) >= 11 is 3.40. The SMILES string of the molecule is CC(C#N)(Nc1ccccc1)c1ccc(Br)cc1. The van der Waals surface area contributed by atoms with Crippen molar-refractivity contribution in [1.29, 1.82) is 5.26 Å². The first-order valence-corrected chi connectivity index (χ1v) is 6.44. The van der Waals surface area contributed by atoms with Crippen LogP contribution in [0.1, 0.15) is 12.5 Å². The van der Waals surface area contributed by atoms with Crippen LogP contribution >= 0.6 is 15.9 Å². The molecule has 3 heteroatoms. The Bertz CT molecular complexity index is 557. The molecule has 0 bridgehead atoms. The zero-order chi connectivity index (χ0) is 13.0. The zero-order valence-electron chi connectivity index (χ0n) is 10.0. The predicted octanol–water partition coefficient (Wildman–Crippen LogP) is 4.30. The Morgan fingerprint density at radius 1 is 1.06 bits per heavy atom. The van der Waals surface area contributed by atoms with Crippen molar-refractivity contribution < 1.29 is 0 Å². The van der Waals surface area contributed by atoms with Crippen LogP contribution in [-0.4, -0.2) is 0 Å². The van der Waals surface area contributed by atoms with Crippen molar-refractivity contribution in [3.63, 3.8) is 0 Å². The van der Waals surface area contributed by atoms with Crippen LogP contribution in [0.25, 0.3) is 0 Å². The lowest BCUT2D eigenvalue weighted by Crippen LogP contribution is -2.29. The van der Waals surface area contributed by atoms with Crippen LogP contribution in [0, 0.1) is 11.3 Å². The summed E-state index contributed by atoms with van der Waals surface area (Å²) in [5, 5.41) is 12.7. The molecule has 2 aromatic rings. The van der Waals surface area contributed by atoms with Gasteiger partial charge in [0.15, 0.2) is 0 Å². The molecule has 0 spiro atoms. The molecule has 0 radical (unpaired) electrons. The normalized spacial score (nSPS) is 13.4. The fraction of sp³-hybridized carbons (Fsp3) is 0.133. The lowest BCUT2D eigenvalue weighted by atomic mass is 9.93. The molecule has 1 N–H and O–H groups in total. The van der Waals surface area contributed by atoms with E-state index in [1.165, 1.54) is 0 Å². The van der Waals surface area contributed by atoms with Crippen molar-refractivity contribution in [2.24, 2.45) is 0 Å². The molecule has 0 aliphatic rings. The van der Waals surface area contributed by atoms with Crippen molar-refractivity contribution in [2.75, 3.05) is 5.32 Å². The van der Waals surface area contributed by atoms with Gasteiger partial charge < -0.3 is 5.32 Å². The van der Waals surface area contributed by atoms with E-state index in [4.69, 9.17) is 0 Å². The molecule has 0 aliphatic heterocycles. The Morgan fingerprint density at radius 3 is 2.22 bits per heavy atom. The summed E-state index contributed by atoms with van der Waals surface area (Å²) in [6.45, 7) is 1.88. The maximum Gasteiger partial charge on any atom is 0.148 e. The van der Waals surface area contributed by atoms with E-state index in [-0.39, 0.29) is 0 Å². The van der Waals surface area contributed by atoms with E-state index >= 15 is 0 Å². The molecule has 0 aliphatic carbocycles. The number of nitrogens with one attached hydrogen (secondary N) is 1. The third kappa shape index (κ3) is 2.72. The third-order valence-corrected chi connectivity index (χ3v) is 3.34. The number of para-hydroxylation sites is 1. The molecule has 2 aromatic carbocycles. The molecule has 2 nitrogen and oxygen atoms in total. The second-order valence-electron chi connectivity index (χ2n) is 4.23. The number of rotatable bonds is 3. The largest absolute Gasteiger partial charge is 0.364 e. The molecule has 90 valence electrons. The molecule has 0 saturated carbocycles. The van der Waals surface area contributed by atoms with E-state index in [1.807, 2.05) is 61.5 Å². The maximum atomic E-state index is 9.45. The van der Waals surface area contributed by atoms with Gasteiger partial charge in [-0.2, -0.15) is 5.26 Å². The predicted molar refractivity (Wildman–Crippen MR) is 77.2 cm³/mol. The number of hydrogen-bond donors (Lipinski definition) is 1. The smallest absolute Gasteiger partial charge is 0.148 e. The molecule has 1 atom stereocenters. The fourth-order valence-electron chi connectivity index (χ4n) is 1.76. The summed E-state index contributed by atoms with van der Waals surface area (Å²) in [5.41, 5.74) is 1.14. The first kappa shape index (κ1) is 12.7. The topological polar surface area (TPSA) is 35.8 Å². The summed E-state index contributed by atoms with van der Waals surface area (Å²) in [6, 6.07) is 19.9. The highest BCUT2D eigenvalue weighted by Gasteiger charge is 2.25. The lowest BCUT2D eigenvalue weighted by Gasteiger charge is -2.25. The Kier molecular flexibility index (Phi) is 3.69. The van der Waals surface area contributed by atoms with Gasteiger partial charge in [0, 0.05) is 10.2 Å². The van der Waals surface area contributed by atoms with E-state index < -0.39 is 5.54 Å². The molecule has 0 fully saturated rings. The molecule has 18 heavy (non-hydrogen) atoms. The van der Waals surface area contributed by atoms with Crippen molar-refractivity contribution >= 4 is 21.6 Å². The van der Waals surface area contributed by atoms with Crippen molar-refractivity contribution in [2.45, 2.75) is 12.5 Å². The van der Waals surface area contributed by atoms with E-state index in [0.717, 1.165) is 15.7 Å². The van der Waals surface area contributed by atoms with Gasteiger partial charge in [-0.25, -0.2) is 0 Å². The van der Waals surface area contributed by atoms with E-state index in [1.54, 1.807) is 0 Å². The maximum absolute atomic E-state index is 9.45. The number of halogens is 1. The van der Waals surface area contributed by atoms with Crippen molar-refractivity contribution in [3.05, 3.63) is 64.6 Å². The summed E-state index contributed by atoms with van der Waals surface area (Å²) in [7, 11) is 0. The molecule has 1 unspecified atom stereocenters. The van der Waals surface area contributed by atoms with Crippen LogP contribution in [0.4, 0.5) is 5.69 Å². The standard InChI is InChI=1S/C15H13BrN2/c1-15(11-17,12-7-9-13(16)10-8-12)18-14-5-3-2-4-6-14/h2-10,18H,1H3. The van der Waals surface area contributed by atoms with Crippen molar-refractivity contribution in [1.82, 2.24) is 0 Å². The van der Waals surface area contributed by atoms with Gasteiger partial charge in [-0.1, -0.05) is 46.3 Å². The average Bonchev–Trinajstić information content (AvgIpc) is 2.40. The van der Waals surface area contributed by atoms with Gasteiger partial charge in [0.1, 0.15) is 5.54 Å². The number of nitrogens with zero attached hydrogens (tertiary/aromatic N) is 1. The second-order valence-corrected chi connectivity index (χ2v) is 5.15. The van der Waals surface area contributed by atoms with E-state index in [2.05, 4.69) is 27.3 Å². The van der Waals surface area contributed by atoms with Gasteiger partial charge >= 0.3 is 0 Å². The van der Waals surface area contributed by atoms with Gasteiger partial charge in [-0.05, 0) is 36.8 Å². The van der Waals surface area contributed by atoms with Gasteiger partial charge in [-0.15, -0.1) is 0 Å². The van der Waals surface area contributed by atoms with Gasteiger partial charge in [-0.3, -0.25) is 0 Å². The molecule has 0 aromatic heterocycles. The zero-order valence-corrected chi connectivity index (χ0v) is 11.6. The highest BCUT2D eigenvalue weighted by Crippen LogP contribution is 2.26. The first-order valence-electron chi connectivity index (χ1n) is 5.64. The highest BCUT2D eigenvalue weighted by molar-refractivity contribution is 9.10.